The summed E-state index contributed by atoms with van der Waals surface area (Å²) < 4.78 is 0.942. The lowest BCUT2D eigenvalue weighted by atomic mass is 10.1. The Labute approximate surface area is 182 Å². The van der Waals surface area contributed by atoms with E-state index in [0.717, 1.165) is 15.6 Å². The summed E-state index contributed by atoms with van der Waals surface area (Å²) in [4.78, 5) is 36.8. The standard InChI is InChI=1S/C20H22BrN3O4S/c1-14(20(26)22-2)23(11-15-3-7-17(21)8-4-15)19(25)13-29-12-16-5-9-18(10-6-16)24(27)28/h3-10,14H,11-13H2,1-2H3,(H,22,26)/t14-/m1/s1. The average Bonchev–Trinajstić information content (AvgIpc) is 2.72. The largest absolute Gasteiger partial charge is 0.357 e. The topological polar surface area (TPSA) is 92.6 Å². The van der Waals surface area contributed by atoms with Crippen LogP contribution in [-0.4, -0.2) is 40.5 Å². The van der Waals surface area contributed by atoms with Crippen molar-refractivity contribution < 1.29 is 14.5 Å². The summed E-state index contributed by atoms with van der Waals surface area (Å²) in [7, 11) is 1.55. The van der Waals surface area contributed by atoms with Crippen molar-refractivity contribution >= 4 is 45.2 Å². The number of thioether (sulfide) groups is 1. The molecule has 0 aromatic heterocycles. The lowest BCUT2D eigenvalue weighted by Gasteiger charge is -2.28. The van der Waals surface area contributed by atoms with E-state index in [2.05, 4.69) is 21.2 Å². The number of hydrogen-bond acceptors (Lipinski definition) is 5. The van der Waals surface area contributed by atoms with Gasteiger partial charge in [-0.15, -0.1) is 11.8 Å². The first-order valence-corrected chi connectivity index (χ1v) is 10.8. The number of halogens is 1. The summed E-state index contributed by atoms with van der Waals surface area (Å²) >= 11 is 4.79. The van der Waals surface area contributed by atoms with Crippen molar-refractivity contribution in [2.24, 2.45) is 0 Å². The molecule has 0 saturated heterocycles. The summed E-state index contributed by atoms with van der Waals surface area (Å²) in [5.41, 5.74) is 1.86. The zero-order valence-corrected chi connectivity index (χ0v) is 18.5. The van der Waals surface area contributed by atoms with Gasteiger partial charge in [-0.3, -0.25) is 19.7 Å². The summed E-state index contributed by atoms with van der Waals surface area (Å²) in [6, 6.07) is 13.3. The van der Waals surface area contributed by atoms with Crippen molar-refractivity contribution in [3.63, 3.8) is 0 Å². The molecule has 0 radical (unpaired) electrons. The van der Waals surface area contributed by atoms with Crippen LogP contribution in [0.4, 0.5) is 5.69 Å². The van der Waals surface area contributed by atoms with Crippen LogP contribution in [0.5, 0.6) is 0 Å². The molecule has 2 amide bonds. The molecule has 0 heterocycles. The van der Waals surface area contributed by atoms with Gasteiger partial charge in [-0.25, -0.2) is 0 Å². The third kappa shape index (κ3) is 6.86. The van der Waals surface area contributed by atoms with Gasteiger partial charge in [0.05, 0.1) is 10.7 Å². The van der Waals surface area contributed by atoms with Gasteiger partial charge in [0.25, 0.3) is 5.69 Å². The minimum absolute atomic E-state index is 0.0369. The van der Waals surface area contributed by atoms with Gasteiger partial charge in [-0.05, 0) is 30.2 Å². The highest BCUT2D eigenvalue weighted by Crippen LogP contribution is 2.19. The normalized spacial score (nSPS) is 11.6. The van der Waals surface area contributed by atoms with Gasteiger partial charge in [0.1, 0.15) is 6.04 Å². The third-order valence-corrected chi connectivity index (χ3v) is 5.84. The Hall–Kier alpha value is -2.39. The fourth-order valence-corrected chi connectivity index (χ4v) is 3.77. The van der Waals surface area contributed by atoms with Crippen LogP contribution in [0.1, 0.15) is 18.1 Å². The van der Waals surface area contributed by atoms with Gasteiger partial charge < -0.3 is 10.2 Å². The summed E-state index contributed by atoms with van der Waals surface area (Å²) in [5.74, 6) is 0.380. The molecule has 154 valence electrons. The molecule has 2 aromatic carbocycles. The van der Waals surface area contributed by atoms with Gasteiger partial charge in [-0.2, -0.15) is 0 Å². The van der Waals surface area contributed by atoms with Crippen LogP contribution >= 0.6 is 27.7 Å². The zero-order valence-electron chi connectivity index (χ0n) is 16.1. The van der Waals surface area contributed by atoms with E-state index in [1.54, 1.807) is 31.0 Å². The molecule has 0 bridgehead atoms. The number of nitro benzene ring substituents is 1. The first-order chi connectivity index (χ1) is 13.8. The Morgan fingerprint density at radius 3 is 2.28 bits per heavy atom. The maximum Gasteiger partial charge on any atom is 0.269 e. The highest BCUT2D eigenvalue weighted by molar-refractivity contribution is 9.10. The van der Waals surface area contributed by atoms with Gasteiger partial charge in [0.2, 0.25) is 11.8 Å². The molecular weight excluding hydrogens is 458 g/mol. The number of amides is 2. The highest BCUT2D eigenvalue weighted by Gasteiger charge is 2.25. The van der Waals surface area contributed by atoms with Crippen molar-refractivity contribution in [1.82, 2.24) is 10.2 Å². The van der Waals surface area contributed by atoms with Crippen LogP contribution in [0, 0.1) is 10.1 Å². The van der Waals surface area contributed by atoms with Crippen LogP contribution in [0.15, 0.2) is 53.0 Å². The molecule has 0 spiro atoms. The van der Waals surface area contributed by atoms with E-state index in [-0.39, 0.29) is 23.3 Å². The predicted octanol–water partition coefficient (Wildman–Crippen LogP) is 3.75. The number of nitrogens with one attached hydrogen (secondary N) is 1. The smallest absolute Gasteiger partial charge is 0.269 e. The molecule has 0 fully saturated rings. The Bertz CT molecular complexity index is 859. The van der Waals surface area contributed by atoms with Crippen LogP contribution in [0.25, 0.3) is 0 Å². The van der Waals surface area contributed by atoms with Crippen molar-refractivity contribution in [2.45, 2.75) is 25.3 Å². The summed E-state index contributed by atoms with van der Waals surface area (Å²) in [5, 5.41) is 13.3. The molecule has 2 aromatic rings. The molecule has 0 unspecified atom stereocenters. The molecule has 2 rings (SSSR count). The Morgan fingerprint density at radius 1 is 1.14 bits per heavy atom. The number of rotatable bonds is 9. The summed E-state index contributed by atoms with van der Waals surface area (Å²) in [6.45, 7) is 2.04. The molecule has 0 saturated carbocycles. The Morgan fingerprint density at radius 2 is 1.72 bits per heavy atom. The number of hydrogen-bond donors (Lipinski definition) is 1. The van der Waals surface area contributed by atoms with Crippen LogP contribution < -0.4 is 5.32 Å². The molecule has 7 nitrogen and oxygen atoms in total. The third-order valence-electron chi connectivity index (χ3n) is 4.32. The van der Waals surface area contributed by atoms with E-state index in [1.807, 2.05) is 24.3 Å². The molecule has 1 N–H and O–H groups in total. The number of nitro groups is 1. The monoisotopic (exact) mass is 479 g/mol. The van der Waals surface area contributed by atoms with Gasteiger partial charge >= 0.3 is 0 Å². The van der Waals surface area contributed by atoms with Crippen molar-refractivity contribution in [1.29, 1.82) is 0 Å². The van der Waals surface area contributed by atoms with E-state index in [9.17, 15) is 19.7 Å². The van der Waals surface area contributed by atoms with E-state index in [4.69, 9.17) is 0 Å². The van der Waals surface area contributed by atoms with Crippen molar-refractivity contribution in [3.8, 4) is 0 Å². The molecular formula is C20H22BrN3O4S. The number of benzene rings is 2. The maximum absolute atomic E-state index is 12.8. The van der Waals surface area contributed by atoms with Crippen LogP contribution in [0.2, 0.25) is 0 Å². The fourth-order valence-electron chi connectivity index (χ4n) is 2.63. The minimum Gasteiger partial charge on any atom is -0.357 e. The van der Waals surface area contributed by atoms with Crippen LogP contribution in [0.3, 0.4) is 0 Å². The van der Waals surface area contributed by atoms with Gasteiger partial charge in [0.15, 0.2) is 0 Å². The number of nitrogens with zero attached hydrogens (tertiary/aromatic N) is 2. The first-order valence-electron chi connectivity index (χ1n) is 8.88. The average molecular weight is 480 g/mol. The van der Waals surface area contributed by atoms with E-state index in [1.165, 1.54) is 23.9 Å². The van der Waals surface area contributed by atoms with E-state index in [0.29, 0.717) is 12.3 Å². The number of carbonyl (C=O) groups is 2. The highest BCUT2D eigenvalue weighted by atomic mass is 79.9. The molecule has 0 aliphatic rings. The van der Waals surface area contributed by atoms with Gasteiger partial charge in [-0.1, -0.05) is 40.2 Å². The second-order valence-corrected chi connectivity index (χ2v) is 8.26. The van der Waals surface area contributed by atoms with Crippen LogP contribution in [-0.2, 0) is 21.9 Å². The first kappa shape index (κ1) is 22.9. The Balaban J connectivity index is 2.01. The van der Waals surface area contributed by atoms with E-state index < -0.39 is 11.0 Å². The molecule has 0 aliphatic heterocycles. The second-order valence-electron chi connectivity index (χ2n) is 6.35. The maximum atomic E-state index is 12.8. The molecule has 9 heteroatoms. The minimum atomic E-state index is -0.601. The molecule has 1 atom stereocenters. The number of non-ortho nitro benzene ring substituents is 1. The Kier molecular flexibility index (Phi) is 8.66. The zero-order chi connectivity index (χ0) is 21.4. The molecule has 29 heavy (non-hydrogen) atoms. The van der Waals surface area contributed by atoms with Gasteiger partial charge in [0, 0.05) is 36.0 Å². The molecule has 0 aliphatic carbocycles. The lowest BCUT2D eigenvalue weighted by Crippen LogP contribution is -2.47. The lowest BCUT2D eigenvalue weighted by molar-refractivity contribution is -0.384. The van der Waals surface area contributed by atoms with Crippen molar-refractivity contribution in [2.75, 3.05) is 12.8 Å². The fraction of sp³-hybridized carbons (Fsp3) is 0.300. The van der Waals surface area contributed by atoms with E-state index >= 15 is 0 Å². The number of carbonyl (C=O) groups excluding carboxylic acids is 2. The van der Waals surface area contributed by atoms with Crippen molar-refractivity contribution in [3.05, 3.63) is 74.2 Å². The number of likely N-dealkylation sites (N-methyl/N-ethyl adjacent to an activating group) is 1. The SMILES string of the molecule is CNC(=O)[C@@H](C)N(Cc1ccc(Br)cc1)C(=O)CSCc1ccc([N+](=O)[O-])cc1. The second kappa shape index (κ2) is 11.0. The predicted molar refractivity (Wildman–Crippen MR) is 117 cm³/mol. The quantitative estimate of drug-likeness (QED) is 0.436. The summed E-state index contributed by atoms with van der Waals surface area (Å²) in [6.07, 6.45) is 0.